The van der Waals surface area contributed by atoms with Crippen LogP contribution in [0.15, 0.2) is 35.2 Å². The van der Waals surface area contributed by atoms with Crippen LogP contribution in [0.5, 0.6) is 0 Å². The second kappa shape index (κ2) is 8.24. The minimum atomic E-state index is -0.889. The number of Topliss-reactive ketones (excluding diaryl/α,β-unsaturated/α-hetero) is 1. The lowest BCUT2D eigenvalue weighted by atomic mass is 10.2. The first-order valence-electron chi connectivity index (χ1n) is 5.79. The third-order valence-corrected chi connectivity index (χ3v) is 3.19. The summed E-state index contributed by atoms with van der Waals surface area (Å²) >= 11 is 1.49. The predicted octanol–water partition coefficient (Wildman–Crippen LogP) is 1.97. The van der Waals surface area contributed by atoms with E-state index in [9.17, 15) is 9.59 Å². The number of nitrogens with zero attached hydrogens (tertiary/aromatic N) is 2. The van der Waals surface area contributed by atoms with Crippen LogP contribution < -0.4 is 0 Å². The van der Waals surface area contributed by atoms with Crippen LogP contribution in [0.25, 0.3) is 5.53 Å². The smallest absolute Gasteiger partial charge is 0.441 e. The Bertz CT molecular complexity index is 496. The molecule has 5 nitrogen and oxygen atoms in total. The normalized spacial score (nSPS) is 9.53. The average Bonchev–Trinajstić information content (AvgIpc) is 2.41. The fraction of sp³-hybridized carbons (Fsp3) is 0.308. The molecule has 0 unspecified atom stereocenters. The van der Waals surface area contributed by atoms with Crippen LogP contribution in [0, 0.1) is 0 Å². The number of carbonyl (C=O) groups excluding carboxylic acids is 2. The molecular weight excluding hydrogens is 264 g/mol. The van der Waals surface area contributed by atoms with Gasteiger partial charge in [-0.25, -0.2) is 4.79 Å². The van der Waals surface area contributed by atoms with Crippen LogP contribution in [0.1, 0.15) is 13.3 Å². The minimum absolute atomic E-state index is 0.109. The molecule has 0 N–H and O–H groups in total. The Morgan fingerprint density at radius 2 is 2.00 bits per heavy atom. The monoisotopic (exact) mass is 278 g/mol. The van der Waals surface area contributed by atoms with Gasteiger partial charge in [-0.2, -0.15) is 4.79 Å². The largest absolute Gasteiger partial charge is 0.457 e. The van der Waals surface area contributed by atoms with Crippen LogP contribution >= 0.6 is 11.8 Å². The molecule has 0 heterocycles. The van der Waals surface area contributed by atoms with Gasteiger partial charge < -0.3 is 10.3 Å². The van der Waals surface area contributed by atoms with Crippen LogP contribution in [-0.4, -0.2) is 34.6 Å². The van der Waals surface area contributed by atoms with Gasteiger partial charge in [0.25, 0.3) is 5.78 Å². The van der Waals surface area contributed by atoms with Gasteiger partial charge in [0, 0.05) is 17.1 Å². The number of esters is 1. The number of carbonyl (C=O) groups is 2. The molecule has 0 bridgehead atoms. The predicted molar refractivity (Wildman–Crippen MR) is 72.0 cm³/mol. The Morgan fingerprint density at radius 3 is 2.58 bits per heavy atom. The highest BCUT2D eigenvalue weighted by atomic mass is 32.2. The molecule has 0 saturated heterocycles. The zero-order valence-electron chi connectivity index (χ0n) is 10.5. The van der Waals surface area contributed by atoms with Crippen molar-refractivity contribution in [3.63, 3.8) is 0 Å². The molecule has 0 aliphatic carbocycles. The lowest BCUT2D eigenvalue weighted by Gasteiger charge is -1.99. The van der Waals surface area contributed by atoms with Crippen LogP contribution in [0.3, 0.4) is 0 Å². The van der Waals surface area contributed by atoms with Gasteiger partial charge in [-0.05, 0) is 19.1 Å². The summed E-state index contributed by atoms with van der Waals surface area (Å²) < 4.78 is 4.62. The van der Waals surface area contributed by atoms with E-state index in [4.69, 9.17) is 5.53 Å². The van der Waals surface area contributed by atoms with Gasteiger partial charge >= 0.3 is 11.7 Å². The molecule has 0 aliphatic heterocycles. The highest BCUT2D eigenvalue weighted by Gasteiger charge is 2.30. The molecule has 100 valence electrons. The molecule has 6 heteroatoms. The summed E-state index contributed by atoms with van der Waals surface area (Å²) in [7, 11) is 0. The second-order valence-corrected chi connectivity index (χ2v) is 4.67. The van der Waals surface area contributed by atoms with E-state index >= 15 is 0 Å². The van der Waals surface area contributed by atoms with Crippen molar-refractivity contribution in [2.45, 2.75) is 18.2 Å². The number of hydrogen-bond donors (Lipinski definition) is 0. The van der Waals surface area contributed by atoms with E-state index in [1.807, 2.05) is 30.3 Å². The fourth-order valence-electron chi connectivity index (χ4n) is 1.31. The van der Waals surface area contributed by atoms with E-state index in [0.717, 1.165) is 4.90 Å². The van der Waals surface area contributed by atoms with Crippen molar-refractivity contribution >= 4 is 29.2 Å². The van der Waals surface area contributed by atoms with E-state index in [0.29, 0.717) is 5.75 Å². The van der Waals surface area contributed by atoms with Crippen LogP contribution in [-0.2, 0) is 14.3 Å². The van der Waals surface area contributed by atoms with Gasteiger partial charge in [0.05, 0.1) is 6.61 Å². The van der Waals surface area contributed by atoms with E-state index in [2.05, 4.69) is 9.53 Å². The van der Waals surface area contributed by atoms with Crippen molar-refractivity contribution < 1.29 is 19.1 Å². The van der Waals surface area contributed by atoms with Crippen LogP contribution in [0.2, 0.25) is 0 Å². The van der Waals surface area contributed by atoms with Gasteiger partial charge in [-0.15, -0.1) is 11.8 Å². The number of ether oxygens (including phenoxy) is 1. The first kappa shape index (κ1) is 15.1. The van der Waals surface area contributed by atoms with Crippen molar-refractivity contribution in [2.24, 2.45) is 0 Å². The van der Waals surface area contributed by atoms with Gasteiger partial charge in [0.1, 0.15) is 0 Å². The number of hydrogen-bond acceptors (Lipinski definition) is 4. The zero-order chi connectivity index (χ0) is 14.1. The molecule has 0 amide bonds. The summed E-state index contributed by atoms with van der Waals surface area (Å²) in [4.78, 5) is 26.7. The maximum absolute atomic E-state index is 11.7. The van der Waals surface area contributed by atoms with Gasteiger partial charge in [-0.3, -0.25) is 4.79 Å². The molecule has 0 aliphatic rings. The van der Waals surface area contributed by atoms with Crippen LogP contribution in [0.4, 0.5) is 0 Å². The SMILES string of the molecule is CCOC(=O)C(=[N+]=[N-])C(=O)CCSc1ccccc1. The van der Waals surface area contributed by atoms with Crippen molar-refractivity contribution in [1.29, 1.82) is 0 Å². The van der Waals surface area contributed by atoms with Crippen molar-refractivity contribution in [2.75, 3.05) is 12.4 Å². The molecule has 19 heavy (non-hydrogen) atoms. The molecule has 0 atom stereocenters. The average molecular weight is 278 g/mol. The van der Waals surface area contributed by atoms with E-state index in [1.54, 1.807) is 6.92 Å². The summed E-state index contributed by atoms with van der Waals surface area (Å²) in [6.07, 6.45) is 0.109. The number of ketones is 1. The summed E-state index contributed by atoms with van der Waals surface area (Å²) in [6, 6.07) is 9.59. The Kier molecular flexibility index (Phi) is 6.57. The van der Waals surface area contributed by atoms with Crippen molar-refractivity contribution in [1.82, 2.24) is 0 Å². The van der Waals surface area contributed by atoms with Gasteiger partial charge in [0.15, 0.2) is 0 Å². The molecule has 0 spiro atoms. The zero-order valence-corrected chi connectivity index (χ0v) is 11.4. The lowest BCUT2D eigenvalue weighted by molar-refractivity contribution is -0.141. The summed E-state index contributed by atoms with van der Waals surface area (Å²) in [5, 5.41) is 0. The molecule has 0 fully saturated rings. The summed E-state index contributed by atoms with van der Waals surface area (Å²) in [6.45, 7) is 1.74. The number of thioether (sulfide) groups is 1. The Balaban J connectivity index is 2.46. The second-order valence-electron chi connectivity index (χ2n) is 3.50. The lowest BCUT2D eigenvalue weighted by Crippen LogP contribution is -2.27. The van der Waals surface area contributed by atoms with E-state index < -0.39 is 17.5 Å². The topological polar surface area (TPSA) is 79.8 Å². The number of benzene rings is 1. The molecule has 0 aromatic heterocycles. The molecule has 1 aromatic rings. The summed E-state index contributed by atoms with van der Waals surface area (Å²) in [5.74, 6) is -0.912. The molecule has 0 saturated carbocycles. The Labute approximate surface area is 115 Å². The molecule has 1 rings (SSSR count). The highest BCUT2D eigenvalue weighted by Crippen LogP contribution is 2.17. The number of rotatable bonds is 7. The third kappa shape index (κ3) is 5.07. The van der Waals surface area contributed by atoms with E-state index in [-0.39, 0.29) is 13.0 Å². The first-order chi connectivity index (χ1) is 9.19. The highest BCUT2D eigenvalue weighted by molar-refractivity contribution is 7.99. The van der Waals surface area contributed by atoms with Gasteiger partial charge in [-0.1, -0.05) is 18.2 Å². The van der Waals surface area contributed by atoms with Gasteiger partial charge in [0.2, 0.25) is 0 Å². The molecular formula is C13H14N2O3S. The standard InChI is InChI=1S/C13H14N2O3S/c1-2-18-13(17)12(15-14)11(16)8-9-19-10-6-4-3-5-7-10/h3-7H,2,8-9H2,1H3. The minimum Gasteiger partial charge on any atom is -0.457 e. The first-order valence-corrected chi connectivity index (χ1v) is 6.77. The van der Waals surface area contributed by atoms with Crippen molar-refractivity contribution in [3.05, 3.63) is 35.9 Å². The molecule has 0 radical (unpaired) electrons. The van der Waals surface area contributed by atoms with Crippen molar-refractivity contribution in [3.8, 4) is 0 Å². The third-order valence-electron chi connectivity index (χ3n) is 2.17. The van der Waals surface area contributed by atoms with E-state index in [1.165, 1.54) is 11.8 Å². The fourth-order valence-corrected chi connectivity index (χ4v) is 2.18. The molecule has 1 aromatic carbocycles. The maximum atomic E-state index is 11.7. The maximum Gasteiger partial charge on any atom is 0.441 e. The Hall–Kier alpha value is -1.91. The quantitative estimate of drug-likeness (QED) is 0.191. The summed E-state index contributed by atoms with van der Waals surface area (Å²) in [5.41, 5.74) is 8.12. The Morgan fingerprint density at radius 1 is 1.32 bits per heavy atom.